The highest BCUT2D eigenvalue weighted by Crippen LogP contribution is 2.32. The minimum atomic E-state index is -0.0763. The summed E-state index contributed by atoms with van der Waals surface area (Å²) in [6.07, 6.45) is 2.45. The number of carbonyl (C=O) groups excluding carboxylic acids is 1. The zero-order valence-electron chi connectivity index (χ0n) is 12.1. The van der Waals surface area contributed by atoms with E-state index in [0.717, 1.165) is 9.97 Å². The highest BCUT2D eigenvalue weighted by atomic mass is 32.1. The molecule has 8 nitrogen and oxygen atoms in total. The summed E-state index contributed by atoms with van der Waals surface area (Å²) in [4.78, 5) is 12.8. The number of hydrogen-bond acceptors (Lipinski definition) is 7. The van der Waals surface area contributed by atoms with Crippen molar-refractivity contribution in [2.75, 3.05) is 18.5 Å². The summed E-state index contributed by atoms with van der Waals surface area (Å²) in [5.41, 5.74) is 0.692. The van der Waals surface area contributed by atoms with E-state index < -0.39 is 0 Å². The van der Waals surface area contributed by atoms with Crippen LogP contribution in [0, 0.1) is 0 Å². The fraction of sp³-hybridized carbons (Fsp3) is 0.286. The minimum Gasteiger partial charge on any atom is -0.486 e. The van der Waals surface area contributed by atoms with Gasteiger partial charge in [0.05, 0.1) is 0 Å². The van der Waals surface area contributed by atoms with Gasteiger partial charge in [-0.2, -0.15) is 9.61 Å². The monoisotopic (exact) mass is 331 g/mol. The predicted molar refractivity (Wildman–Crippen MR) is 83.0 cm³/mol. The Morgan fingerprint density at radius 1 is 1.30 bits per heavy atom. The molecular formula is C14H13N5O3S. The van der Waals surface area contributed by atoms with E-state index in [1.54, 1.807) is 29.0 Å². The maximum atomic E-state index is 12.1. The SMILES string of the molecule is O=C(CCc1nn2cnnc2s1)Nc1ccc2c(c1)OCCO2. The Morgan fingerprint density at radius 3 is 3.04 bits per heavy atom. The van der Waals surface area contributed by atoms with Gasteiger partial charge in [0.2, 0.25) is 10.9 Å². The molecule has 0 unspecified atom stereocenters. The minimum absolute atomic E-state index is 0.0763. The number of nitrogens with one attached hydrogen (secondary N) is 1. The third kappa shape index (κ3) is 2.95. The van der Waals surface area contributed by atoms with E-state index in [4.69, 9.17) is 9.47 Å². The Morgan fingerprint density at radius 2 is 2.17 bits per heavy atom. The molecule has 118 valence electrons. The van der Waals surface area contributed by atoms with E-state index in [0.29, 0.717) is 43.2 Å². The molecule has 1 aliphatic heterocycles. The van der Waals surface area contributed by atoms with Gasteiger partial charge in [0.25, 0.3) is 0 Å². The fourth-order valence-corrected chi connectivity index (χ4v) is 3.08. The average molecular weight is 331 g/mol. The van der Waals surface area contributed by atoms with Crippen molar-refractivity contribution in [1.29, 1.82) is 0 Å². The van der Waals surface area contributed by atoms with E-state index in [1.165, 1.54) is 11.3 Å². The molecule has 1 aliphatic rings. The number of nitrogens with zero attached hydrogens (tertiary/aromatic N) is 4. The average Bonchev–Trinajstić information content (AvgIpc) is 3.14. The van der Waals surface area contributed by atoms with E-state index in [2.05, 4.69) is 20.6 Å². The van der Waals surface area contributed by atoms with Gasteiger partial charge in [-0.3, -0.25) is 4.79 Å². The van der Waals surface area contributed by atoms with Crippen molar-refractivity contribution >= 4 is 27.9 Å². The van der Waals surface area contributed by atoms with Crippen LogP contribution in [-0.4, -0.2) is 38.9 Å². The summed E-state index contributed by atoms with van der Waals surface area (Å²) in [5, 5.41) is 15.7. The van der Waals surface area contributed by atoms with Crippen LogP contribution in [0.3, 0.4) is 0 Å². The lowest BCUT2D eigenvalue weighted by molar-refractivity contribution is -0.116. The number of hydrogen-bond donors (Lipinski definition) is 1. The van der Waals surface area contributed by atoms with Crippen molar-refractivity contribution in [3.8, 4) is 11.5 Å². The number of amides is 1. The lowest BCUT2D eigenvalue weighted by atomic mass is 10.2. The summed E-state index contributed by atoms with van der Waals surface area (Å²) in [5.74, 6) is 1.28. The lowest BCUT2D eigenvalue weighted by Crippen LogP contribution is -2.16. The van der Waals surface area contributed by atoms with E-state index in [-0.39, 0.29) is 5.91 Å². The Kier molecular flexibility index (Phi) is 3.54. The van der Waals surface area contributed by atoms with Crippen LogP contribution in [0.25, 0.3) is 4.96 Å². The maximum Gasteiger partial charge on any atom is 0.234 e. The molecule has 0 bridgehead atoms. The van der Waals surface area contributed by atoms with E-state index in [9.17, 15) is 4.79 Å². The smallest absolute Gasteiger partial charge is 0.234 e. The third-order valence-corrected chi connectivity index (χ3v) is 4.29. The van der Waals surface area contributed by atoms with Gasteiger partial charge in [0.1, 0.15) is 24.5 Å². The Labute approximate surface area is 135 Å². The summed E-state index contributed by atoms with van der Waals surface area (Å²) < 4.78 is 12.6. The number of anilines is 1. The second-order valence-corrected chi connectivity index (χ2v) is 6.00. The van der Waals surface area contributed by atoms with Gasteiger partial charge in [-0.25, -0.2) is 0 Å². The molecule has 0 saturated carbocycles. The van der Waals surface area contributed by atoms with Crippen LogP contribution in [0.2, 0.25) is 0 Å². The van der Waals surface area contributed by atoms with Crippen molar-refractivity contribution in [2.45, 2.75) is 12.8 Å². The van der Waals surface area contributed by atoms with Gasteiger partial charge < -0.3 is 14.8 Å². The number of benzene rings is 1. The van der Waals surface area contributed by atoms with Crippen molar-refractivity contribution in [3.63, 3.8) is 0 Å². The molecule has 4 rings (SSSR count). The molecule has 1 aromatic carbocycles. The molecule has 0 atom stereocenters. The number of ether oxygens (including phenoxy) is 2. The molecule has 1 N–H and O–H groups in total. The number of rotatable bonds is 4. The first kappa shape index (κ1) is 13.9. The number of carbonyl (C=O) groups is 1. The van der Waals surface area contributed by atoms with Crippen LogP contribution in [0.1, 0.15) is 11.4 Å². The summed E-state index contributed by atoms with van der Waals surface area (Å²) >= 11 is 1.43. The summed E-state index contributed by atoms with van der Waals surface area (Å²) in [6, 6.07) is 5.37. The molecule has 0 spiro atoms. The van der Waals surface area contributed by atoms with E-state index >= 15 is 0 Å². The largest absolute Gasteiger partial charge is 0.486 e. The normalized spacial score (nSPS) is 13.2. The number of aryl methyl sites for hydroxylation is 1. The van der Waals surface area contributed by atoms with Crippen molar-refractivity contribution in [2.24, 2.45) is 0 Å². The van der Waals surface area contributed by atoms with Gasteiger partial charge >= 0.3 is 0 Å². The molecule has 0 fully saturated rings. The molecule has 9 heteroatoms. The predicted octanol–water partition coefficient (Wildman–Crippen LogP) is 1.53. The zero-order chi connectivity index (χ0) is 15.6. The quantitative estimate of drug-likeness (QED) is 0.779. The first-order valence-corrected chi connectivity index (χ1v) is 7.95. The molecular weight excluding hydrogens is 318 g/mol. The Bertz CT molecular complexity index is 831. The Balaban J connectivity index is 1.37. The van der Waals surface area contributed by atoms with Gasteiger partial charge in [-0.1, -0.05) is 11.3 Å². The van der Waals surface area contributed by atoms with Gasteiger partial charge in [0.15, 0.2) is 11.5 Å². The summed E-state index contributed by atoms with van der Waals surface area (Å²) in [7, 11) is 0. The van der Waals surface area contributed by atoms with Crippen molar-refractivity contribution < 1.29 is 14.3 Å². The molecule has 0 aliphatic carbocycles. The van der Waals surface area contributed by atoms with Crippen molar-refractivity contribution in [3.05, 3.63) is 29.5 Å². The number of aromatic nitrogens is 4. The first-order valence-electron chi connectivity index (χ1n) is 7.13. The molecule has 2 aromatic heterocycles. The molecule has 3 aromatic rings. The number of fused-ring (bicyclic) bond motifs is 2. The highest BCUT2D eigenvalue weighted by molar-refractivity contribution is 7.16. The molecule has 23 heavy (non-hydrogen) atoms. The fourth-order valence-electron chi connectivity index (χ4n) is 2.27. The topological polar surface area (TPSA) is 90.6 Å². The maximum absolute atomic E-state index is 12.1. The van der Waals surface area contributed by atoms with Crippen LogP contribution in [-0.2, 0) is 11.2 Å². The van der Waals surface area contributed by atoms with Crippen LogP contribution in [0.15, 0.2) is 24.5 Å². The molecule has 1 amide bonds. The van der Waals surface area contributed by atoms with Crippen LogP contribution >= 0.6 is 11.3 Å². The molecule has 0 radical (unpaired) electrons. The van der Waals surface area contributed by atoms with Crippen LogP contribution < -0.4 is 14.8 Å². The standard InChI is InChI=1S/C14H13N5O3S/c20-12(3-4-13-18-19-8-15-17-14(19)23-13)16-9-1-2-10-11(7-9)22-6-5-21-10/h1-2,7-8H,3-6H2,(H,16,20). The summed E-state index contributed by atoms with van der Waals surface area (Å²) in [6.45, 7) is 1.07. The van der Waals surface area contributed by atoms with Crippen LogP contribution in [0.5, 0.6) is 11.5 Å². The van der Waals surface area contributed by atoms with Gasteiger partial charge in [-0.05, 0) is 12.1 Å². The van der Waals surface area contributed by atoms with Crippen molar-refractivity contribution in [1.82, 2.24) is 19.8 Å². The molecule has 0 saturated heterocycles. The Hall–Kier alpha value is -2.68. The second kappa shape index (κ2) is 5.84. The van der Waals surface area contributed by atoms with Gasteiger partial charge in [-0.15, -0.1) is 10.2 Å². The zero-order valence-corrected chi connectivity index (χ0v) is 12.9. The molecule has 3 heterocycles. The van der Waals surface area contributed by atoms with E-state index in [1.807, 2.05) is 0 Å². The lowest BCUT2D eigenvalue weighted by Gasteiger charge is -2.18. The third-order valence-electron chi connectivity index (χ3n) is 3.32. The van der Waals surface area contributed by atoms with Gasteiger partial charge in [0, 0.05) is 24.6 Å². The second-order valence-electron chi connectivity index (χ2n) is 4.96. The first-order chi connectivity index (χ1) is 11.3. The van der Waals surface area contributed by atoms with Crippen LogP contribution in [0.4, 0.5) is 5.69 Å². The highest BCUT2D eigenvalue weighted by Gasteiger charge is 2.13.